The Kier molecular flexibility index (Phi) is 6.37. The molecule has 10 nitrogen and oxygen atoms in total. The number of piperazine rings is 1. The summed E-state index contributed by atoms with van der Waals surface area (Å²) in [4.78, 5) is 26.1. The van der Waals surface area contributed by atoms with Gasteiger partial charge in [-0.15, -0.1) is 0 Å². The van der Waals surface area contributed by atoms with Crippen molar-refractivity contribution in [1.29, 1.82) is 0 Å². The molecule has 0 saturated carbocycles. The van der Waals surface area contributed by atoms with E-state index >= 15 is 0 Å². The minimum absolute atomic E-state index is 0.0798. The van der Waals surface area contributed by atoms with E-state index in [9.17, 15) is 18.0 Å². The SMILES string of the molecule is O=C(OCC(=O)N1CCN(S(=O)(=O)Cc2ccccc2)CC1)c1cc(-c2ccco2)n[nH]1. The quantitative estimate of drug-likeness (QED) is 0.532. The molecule has 1 saturated heterocycles. The third-order valence-electron chi connectivity index (χ3n) is 5.07. The van der Waals surface area contributed by atoms with Crippen LogP contribution in [-0.2, 0) is 25.3 Å². The number of esters is 1. The van der Waals surface area contributed by atoms with E-state index in [-0.39, 0.29) is 43.5 Å². The second kappa shape index (κ2) is 9.37. The molecule has 0 atom stereocenters. The summed E-state index contributed by atoms with van der Waals surface area (Å²) in [6.45, 7) is 0.419. The fourth-order valence-electron chi connectivity index (χ4n) is 3.36. The minimum Gasteiger partial charge on any atom is -0.463 e. The highest BCUT2D eigenvalue weighted by atomic mass is 32.2. The zero-order valence-corrected chi connectivity index (χ0v) is 18.0. The lowest BCUT2D eigenvalue weighted by atomic mass is 10.2. The van der Waals surface area contributed by atoms with Crippen molar-refractivity contribution in [1.82, 2.24) is 19.4 Å². The fourth-order valence-corrected chi connectivity index (χ4v) is 4.88. The molecular weight excluding hydrogens is 436 g/mol. The van der Waals surface area contributed by atoms with E-state index in [0.29, 0.717) is 17.0 Å². The van der Waals surface area contributed by atoms with Crippen molar-refractivity contribution in [3.63, 3.8) is 0 Å². The van der Waals surface area contributed by atoms with Crippen LogP contribution in [0.1, 0.15) is 16.1 Å². The number of rotatable bonds is 7. The summed E-state index contributed by atoms with van der Waals surface area (Å²) >= 11 is 0. The molecule has 4 rings (SSSR count). The Labute approximate surface area is 184 Å². The Morgan fingerprint density at radius 3 is 2.50 bits per heavy atom. The first kappa shape index (κ1) is 21.8. The van der Waals surface area contributed by atoms with Gasteiger partial charge in [-0.25, -0.2) is 13.2 Å². The van der Waals surface area contributed by atoms with Crippen molar-refractivity contribution in [2.75, 3.05) is 32.8 Å². The van der Waals surface area contributed by atoms with Crippen LogP contribution in [0.15, 0.2) is 59.2 Å². The molecule has 168 valence electrons. The normalized spacial score (nSPS) is 14.9. The van der Waals surface area contributed by atoms with Gasteiger partial charge in [0.25, 0.3) is 5.91 Å². The first-order chi connectivity index (χ1) is 15.4. The second-order valence-corrected chi connectivity index (χ2v) is 9.21. The first-order valence-electron chi connectivity index (χ1n) is 9.98. The van der Waals surface area contributed by atoms with Gasteiger partial charge in [-0.1, -0.05) is 30.3 Å². The maximum atomic E-state index is 12.6. The minimum atomic E-state index is -3.47. The molecule has 0 bridgehead atoms. The number of sulfonamides is 1. The molecular formula is C21H22N4O6S. The van der Waals surface area contributed by atoms with Gasteiger partial charge in [0, 0.05) is 32.2 Å². The summed E-state index contributed by atoms with van der Waals surface area (Å²) in [5.74, 6) is -0.683. The number of aromatic nitrogens is 2. The summed E-state index contributed by atoms with van der Waals surface area (Å²) < 4.78 is 36.9. The molecule has 0 spiro atoms. The number of furan rings is 1. The molecule has 3 aromatic rings. The summed E-state index contributed by atoms with van der Waals surface area (Å²) in [5, 5.41) is 6.54. The van der Waals surface area contributed by atoms with Crippen LogP contribution in [0.5, 0.6) is 0 Å². The number of hydrogen-bond acceptors (Lipinski definition) is 7. The monoisotopic (exact) mass is 458 g/mol. The molecule has 0 unspecified atom stereocenters. The molecule has 1 fully saturated rings. The number of hydrogen-bond donors (Lipinski definition) is 1. The topological polar surface area (TPSA) is 126 Å². The van der Waals surface area contributed by atoms with Crippen molar-refractivity contribution in [2.24, 2.45) is 0 Å². The van der Waals surface area contributed by atoms with Crippen molar-refractivity contribution in [3.05, 3.63) is 66.1 Å². The molecule has 0 radical (unpaired) electrons. The number of carbonyl (C=O) groups excluding carboxylic acids is 2. The summed E-state index contributed by atoms with van der Waals surface area (Å²) in [6, 6.07) is 13.8. The van der Waals surface area contributed by atoms with E-state index in [4.69, 9.17) is 9.15 Å². The number of ether oxygens (including phenoxy) is 1. The van der Waals surface area contributed by atoms with Crippen LogP contribution < -0.4 is 0 Å². The van der Waals surface area contributed by atoms with Crippen LogP contribution in [0.25, 0.3) is 11.5 Å². The fraction of sp³-hybridized carbons (Fsp3) is 0.286. The zero-order chi connectivity index (χ0) is 22.6. The maximum Gasteiger partial charge on any atom is 0.356 e. The van der Waals surface area contributed by atoms with E-state index < -0.39 is 22.6 Å². The first-order valence-corrected chi connectivity index (χ1v) is 11.6. The average Bonchev–Trinajstić information content (AvgIpc) is 3.50. The van der Waals surface area contributed by atoms with Gasteiger partial charge in [-0.2, -0.15) is 9.40 Å². The van der Waals surface area contributed by atoms with Gasteiger partial charge in [0.15, 0.2) is 12.4 Å². The van der Waals surface area contributed by atoms with Crippen molar-refractivity contribution in [2.45, 2.75) is 5.75 Å². The van der Waals surface area contributed by atoms with Gasteiger partial charge in [-0.05, 0) is 17.7 Å². The van der Waals surface area contributed by atoms with Crippen LogP contribution in [0.2, 0.25) is 0 Å². The molecule has 3 heterocycles. The van der Waals surface area contributed by atoms with E-state index in [1.807, 2.05) is 6.07 Å². The predicted molar refractivity (Wildman–Crippen MR) is 114 cm³/mol. The van der Waals surface area contributed by atoms with Gasteiger partial charge in [0.05, 0.1) is 12.0 Å². The largest absolute Gasteiger partial charge is 0.463 e. The highest BCUT2D eigenvalue weighted by Crippen LogP contribution is 2.18. The van der Waals surface area contributed by atoms with E-state index in [2.05, 4.69) is 10.2 Å². The van der Waals surface area contributed by atoms with Gasteiger partial charge in [0.2, 0.25) is 10.0 Å². The van der Waals surface area contributed by atoms with Crippen LogP contribution in [-0.4, -0.2) is 72.5 Å². The van der Waals surface area contributed by atoms with Crippen LogP contribution in [0, 0.1) is 0 Å². The molecule has 32 heavy (non-hydrogen) atoms. The molecule has 1 aliphatic heterocycles. The highest BCUT2D eigenvalue weighted by molar-refractivity contribution is 7.88. The number of amides is 1. The second-order valence-electron chi connectivity index (χ2n) is 7.24. The Hall–Kier alpha value is -3.44. The summed E-state index contributed by atoms with van der Waals surface area (Å²) in [6.07, 6.45) is 1.49. The molecule has 1 aliphatic rings. The number of carbonyl (C=O) groups is 2. The molecule has 1 aromatic carbocycles. The third-order valence-corrected chi connectivity index (χ3v) is 6.92. The molecule has 1 amide bonds. The van der Waals surface area contributed by atoms with Gasteiger partial charge in [0.1, 0.15) is 11.4 Å². The van der Waals surface area contributed by atoms with E-state index in [1.54, 1.807) is 36.4 Å². The van der Waals surface area contributed by atoms with Crippen molar-refractivity contribution < 1.29 is 27.2 Å². The zero-order valence-electron chi connectivity index (χ0n) is 17.1. The lowest BCUT2D eigenvalue weighted by molar-refractivity contribution is -0.135. The lowest BCUT2D eigenvalue weighted by Gasteiger charge is -2.33. The average molecular weight is 458 g/mol. The Balaban J connectivity index is 1.25. The number of aromatic amines is 1. The van der Waals surface area contributed by atoms with Gasteiger partial charge < -0.3 is 14.1 Å². The van der Waals surface area contributed by atoms with Crippen molar-refractivity contribution in [3.8, 4) is 11.5 Å². The van der Waals surface area contributed by atoms with E-state index in [1.165, 1.54) is 21.5 Å². The van der Waals surface area contributed by atoms with Crippen LogP contribution in [0.3, 0.4) is 0 Å². The molecule has 11 heteroatoms. The number of benzene rings is 1. The third kappa shape index (κ3) is 5.06. The molecule has 1 N–H and O–H groups in total. The number of H-pyrrole nitrogens is 1. The summed E-state index contributed by atoms with van der Waals surface area (Å²) in [7, 11) is -3.47. The maximum absolute atomic E-state index is 12.6. The number of nitrogens with one attached hydrogen (secondary N) is 1. The standard InChI is InChI=1S/C21H22N4O6S/c26-20(14-31-21(27)18-13-17(22-23-18)19-7-4-12-30-19)24-8-10-25(11-9-24)32(28,29)15-16-5-2-1-3-6-16/h1-7,12-13H,8-11,14-15H2,(H,22,23). The molecule has 2 aromatic heterocycles. The predicted octanol–water partition coefficient (Wildman–Crippen LogP) is 1.50. The summed E-state index contributed by atoms with van der Waals surface area (Å²) in [5.41, 5.74) is 1.26. The lowest BCUT2D eigenvalue weighted by Crippen LogP contribution is -2.51. The van der Waals surface area contributed by atoms with Gasteiger partial charge in [-0.3, -0.25) is 9.89 Å². The smallest absolute Gasteiger partial charge is 0.356 e. The number of nitrogens with zero attached hydrogens (tertiary/aromatic N) is 3. The Bertz CT molecular complexity index is 1170. The highest BCUT2D eigenvalue weighted by Gasteiger charge is 2.29. The Morgan fingerprint density at radius 2 is 1.81 bits per heavy atom. The van der Waals surface area contributed by atoms with Gasteiger partial charge >= 0.3 is 5.97 Å². The van der Waals surface area contributed by atoms with Crippen LogP contribution in [0.4, 0.5) is 0 Å². The van der Waals surface area contributed by atoms with Crippen LogP contribution >= 0.6 is 0 Å². The molecule has 0 aliphatic carbocycles. The van der Waals surface area contributed by atoms with Crippen molar-refractivity contribution >= 4 is 21.9 Å². The Morgan fingerprint density at radius 1 is 1.06 bits per heavy atom. The van der Waals surface area contributed by atoms with E-state index in [0.717, 1.165) is 0 Å².